The maximum Gasteiger partial charge on any atom is 0.188 e. The molecule has 7 heteroatoms. The summed E-state index contributed by atoms with van der Waals surface area (Å²) in [7, 11) is 1.71. The van der Waals surface area contributed by atoms with Gasteiger partial charge in [-0.1, -0.05) is 31.4 Å². The monoisotopic (exact) mass is 516 g/mol. The highest BCUT2D eigenvalue weighted by Gasteiger charge is 2.33. The van der Waals surface area contributed by atoms with Crippen molar-refractivity contribution in [3.05, 3.63) is 29.8 Å². The van der Waals surface area contributed by atoms with Gasteiger partial charge in [-0.15, -0.1) is 24.0 Å². The molecule has 1 aliphatic carbocycles. The first-order valence-electron chi connectivity index (χ1n) is 10.7. The number of nitrogens with one attached hydrogen (secondary N) is 1. The van der Waals surface area contributed by atoms with Gasteiger partial charge in [-0.3, -0.25) is 9.89 Å². The lowest BCUT2D eigenvalue weighted by molar-refractivity contribution is 0.0376. The number of guanidine groups is 1. The number of nitrogens with zero attached hydrogens (tertiary/aromatic N) is 2. The Kier molecular flexibility index (Phi) is 10.5. The van der Waals surface area contributed by atoms with Crippen LogP contribution < -0.4 is 15.8 Å². The summed E-state index contributed by atoms with van der Waals surface area (Å²) >= 11 is 0. The Bertz CT molecular complexity index is 612. The quantitative estimate of drug-likeness (QED) is 0.241. The summed E-state index contributed by atoms with van der Waals surface area (Å²) in [6.07, 6.45) is 7.25. The molecule has 1 heterocycles. The highest BCUT2D eigenvalue weighted by atomic mass is 127. The summed E-state index contributed by atoms with van der Waals surface area (Å²) in [6, 6.07) is 8.52. The van der Waals surface area contributed by atoms with Crippen LogP contribution in [0.2, 0.25) is 0 Å². The smallest absolute Gasteiger partial charge is 0.188 e. The van der Waals surface area contributed by atoms with Crippen molar-refractivity contribution in [2.45, 2.75) is 43.9 Å². The summed E-state index contributed by atoms with van der Waals surface area (Å²) < 4.78 is 10.7. The van der Waals surface area contributed by atoms with Crippen molar-refractivity contribution in [2.24, 2.45) is 10.7 Å². The topological polar surface area (TPSA) is 72.1 Å². The third-order valence-electron chi connectivity index (χ3n) is 6.13. The van der Waals surface area contributed by atoms with Crippen molar-refractivity contribution in [2.75, 3.05) is 53.0 Å². The minimum atomic E-state index is 0. The molecule has 1 aromatic rings. The zero-order chi connectivity index (χ0) is 19.7. The average Bonchev–Trinajstić information content (AvgIpc) is 2.77. The van der Waals surface area contributed by atoms with Gasteiger partial charge in [0.1, 0.15) is 5.75 Å². The molecule has 0 amide bonds. The van der Waals surface area contributed by atoms with Crippen LogP contribution in [-0.2, 0) is 10.2 Å². The van der Waals surface area contributed by atoms with Crippen LogP contribution in [0.25, 0.3) is 0 Å². The van der Waals surface area contributed by atoms with Crippen LogP contribution in [0.15, 0.2) is 29.3 Å². The van der Waals surface area contributed by atoms with Gasteiger partial charge in [0, 0.05) is 25.0 Å². The Hall–Kier alpha value is -1.06. The van der Waals surface area contributed by atoms with Crippen LogP contribution in [-0.4, -0.2) is 63.9 Å². The fourth-order valence-corrected chi connectivity index (χ4v) is 4.35. The van der Waals surface area contributed by atoms with Gasteiger partial charge >= 0.3 is 0 Å². The van der Waals surface area contributed by atoms with Crippen LogP contribution in [0, 0.1) is 0 Å². The fraction of sp³-hybridized carbons (Fsp3) is 0.682. The molecule has 2 aliphatic rings. The fourth-order valence-electron chi connectivity index (χ4n) is 4.35. The zero-order valence-electron chi connectivity index (χ0n) is 17.7. The standard InChI is InChI=1S/C22H36N4O2.HI/c1-27-20-8-6-19(7-9-20)22(10-3-2-4-11-22)18-25-21(23)24-12-5-13-26-14-16-28-17-15-26;/h6-9H,2-5,10-18H2,1H3,(H3,23,24,25);1H. The maximum absolute atomic E-state index is 6.18. The summed E-state index contributed by atoms with van der Waals surface area (Å²) in [5.41, 5.74) is 7.64. The summed E-state index contributed by atoms with van der Waals surface area (Å²) in [4.78, 5) is 7.19. The van der Waals surface area contributed by atoms with Gasteiger partial charge in [-0.2, -0.15) is 0 Å². The molecule has 3 rings (SSSR count). The average molecular weight is 516 g/mol. The van der Waals surface area contributed by atoms with E-state index in [0.29, 0.717) is 5.96 Å². The third-order valence-corrected chi connectivity index (χ3v) is 6.13. The molecule has 6 nitrogen and oxygen atoms in total. The number of morpholine rings is 1. The van der Waals surface area contributed by atoms with E-state index in [0.717, 1.165) is 58.1 Å². The third kappa shape index (κ3) is 7.29. The summed E-state index contributed by atoms with van der Waals surface area (Å²) in [6.45, 7) is 6.47. The zero-order valence-corrected chi connectivity index (χ0v) is 20.0. The highest BCUT2D eigenvalue weighted by Crippen LogP contribution is 2.40. The van der Waals surface area contributed by atoms with Crippen molar-refractivity contribution < 1.29 is 9.47 Å². The van der Waals surface area contributed by atoms with E-state index in [4.69, 9.17) is 20.2 Å². The molecule has 0 bridgehead atoms. The maximum atomic E-state index is 6.18. The molecule has 1 aromatic carbocycles. The van der Waals surface area contributed by atoms with Crippen molar-refractivity contribution in [3.63, 3.8) is 0 Å². The van der Waals surface area contributed by atoms with Gasteiger partial charge in [0.05, 0.1) is 26.9 Å². The molecule has 0 spiro atoms. The number of halogens is 1. The number of rotatable bonds is 8. The highest BCUT2D eigenvalue weighted by molar-refractivity contribution is 14.0. The van der Waals surface area contributed by atoms with E-state index >= 15 is 0 Å². The summed E-state index contributed by atoms with van der Waals surface area (Å²) in [5, 5.41) is 3.30. The van der Waals surface area contributed by atoms with Crippen LogP contribution in [0.1, 0.15) is 44.1 Å². The van der Waals surface area contributed by atoms with E-state index < -0.39 is 0 Å². The number of hydrogen-bond acceptors (Lipinski definition) is 4. The lowest BCUT2D eigenvalue weighted by Crippen LogP contribution is -2.40. The van der Waals surface area contributed by atoms with E-state index in [1.165, 1.54) is 37.7 Å². The summed E-state index contributed by atoms with van der Waals surface area (Å²) in [5.74, 6) is 1.47. The van der Waals surface area contributed by atoms with Crippen molar-refractivity contribution >= 4 is 29.9 Å². The molecule has 1 saturated heterocycles. The molecule has 1 aliphatic heterocycles. The van der Waals surface area contributed by atoms with Gasteiger partial charge in [0.15, 0.2) is 5.96 Å². The van der Waals surface area contributed by atoms with Gasteiger partial charge in [0.25, 0.3) is 0 Å². The SMILES string of the molecule is COc1ccc(C2(CN=C(N)NCCCN3CCOCC3)CCCCC2)cc1.I. The van der Waals surface area contributed by atoms with Gasteiger partial charge in [-0.05, 0) is 43.5 Å². The van der Waals surface area contributed by atoms with Gasteiger partial charge < -0.3 is 20.5 Å². The minimum Gasteiger partial charge on any atom is -0.497 e. The first-order valence-corrected chi connectivity index (χ1v) is 10.7. The number of aliphatic imine (C=N–C) groups is 1. The molecule has 0 radical (unpaired) electrons. The minimum absolute atomic E-state index is 0. The Balaban J connectivity index is 0.00000300. The van der Waals surface area contributed by atoms with Gasteiger partial charge in [0.2, 0.25) is 0 Å². The van der Waals surface area contributed by atoms with E-state index in [2.05, 4.69) is 34.5 Å². The van der Waals surface area contributed by atoms with Crippen molar-refractivity contribution in [1.82, 2.24) is 10.2 Å². The van der Waals surface area contributed by atoms with E-state index in [9.17, 15) is 0 Å². The number of hydrogen-bond donors (Lipinski definition) is 2. The first-order chi connectivity index (χ1) is 13.7. The molecule has 2 fully saturated rings. The lowest BCUT2D eigenvalue weighted by atomic mass is 9.69. The molecular formula is C22H37IN4O2. The largest absolute Gasteiger partial charge is 0.497 e. The second-order valence-electron chi connectivity index (χ2n) is 8.01. The van der Waals surface area contributed by atoms with E-state index in [1.807, 2.05) is 0 Å². The van der Waals surface area contributed by atoms with Crippen LogP contribution >= 0.6 is 24.0 Å². The number of nitrogens with two attached hydrogens (primary N) is 1. The van der Waals surface area contributed by atoms with Crippen LogP contribution in [0.4, 0.5) is 0 Å². The second-order valence-corrected chi connectivity index (χ2v) is 8.01. The molecule has 0 aromatic heterocycles. The Labute approximate surface area is 192 Å². The Morgan fingerprint density at radius 2 is 1.86 bits per heavy atom. The predicted molar refractivity (Wildman–Crippen MR) is 130 cm³/mol. The second kappa shape index (κ2) is 12.6. The molecule has 0 unspecified atom stereocenters. The van der Waals surface area contributed by atoms with Gasteiger partial charge in [-0.25, -0.2) is 0 Å². The van der Waals surface area contributed by atoms with Crippen LogP contribution in [0.5, 0.6) is 5.75 Å². The number of benzene rings is 1. The molecular weight excluding hydrogens is 479 g/mol. The molecule has 3 N–H and O–H groups in total. The first kappa shape index (κ1) is 24.2. The normalized spacial score (nSPS) is 20.0. The molecule has 0 atom stereocenters. The number of ether oxygens (including phenoxy) is 2. The van der Waals surface area contributed by atoms with Crippen LogP contribution in [0.3, 0.4) is 0 Å². The predicted octanol–water partition coefficient (Wildman–Crippen LogP) is 3.14. The molecule has 164 valence electrons. The van der Waals surface area contributed by atoms with E-state index in [1.54, 1.807) is 7.11 Å². The van der Waals surface area contributed by atoms with E-state index in [-0.39, 0.29) is 29.4 Å². The van der Waals surface area contributed by atoms with Crippen molar-refractivity contribution in [1.29, 1.82) is 0 Å². The molecule has 29 heavy (non-hydrogen) atoms. The van der Waals surface area contributed by atoms with Crippen molar-refractivity contribution in [3.8, 4) is 5.75 Å². The Morgan fingerprint density at radius 3 is 2.52 bits per heavy atom. The number of methoxy groups -OCH3 is 1. The lowest BCUT2D eigenvalue weighted by Gasteiger charge is -2.36. The Morgan fingerprint density at radius 1 is 1.17 bits per heavy atom. The molecule has 1 saturated carbocycles.